The molecule has 148 valence electrons. The van der Waals surface area contributed by atoms with Crippen molar-refractivity contribution in [1.29, 1.82) is 0 Å². The summed E-state index contributed by atoms with van der Waals surface area (Å²) in [7, 11) is 0. The van der Waals surface area contributed by atoms with Crippen LogP contribution in [0.25, 0.3) is 0 Å². The molecule has 4 N–H and O–H groups in total. The molecule has 0 bridgehead atoms. The molecule has 0 saturated carbocycles. The van der Waals surface area contributed by atoms with E-state index in [-0.39, 0.29) is 0 Å². The van der Waals surface area contributed by atoms with Crippen LogP contribution < -0.4 is 11.5 Å². The first-order valence-electron chi connectivity index (χ1n) is 9.39. The van der Waals surface area contributed by atoms with E-state index in [1.54, 1.807) is 0 Å². The third-order valence-electron chi connectivity index (χ3n) is 3.94. The van der Waals surface area contributed by atoms with Gasteiger partial charge in [-0.3, -0.25) is 0 Å². The van der Waals surface area contributed by atoms with Crippen molar-refractivity contribution in [2.45, 2.75) is 53.7 Å². The van der Waals surface area contributed by atoms with Crippen molar-refractivity contribution < 1.29 is 0 Å². The van der Waals surface area contributed by atoms with Gasteiger partial charge < -0.3 is 11.5 Å². The number of thioether (sulfide) groups is 4. The van der Waals surface area contributed by atoms with Crippen molar-refractivity contribution in [3.8, 4) is 0 Å². The van der Waals surface area contributed by atoms with Gasteiger partial charge in [0.15, 0.2) is 0 Å². The zero-order chi connectivity index (χ0) is 19.8. The number of nitrogens with two attached hydrogens (primary N) is 2. The van der Waals surface area contributed by atoms with Gasteiger partial charge in [-0.25, -0.2) is 0 Å². The van der Waals surface area contributed by atoms with Crippen LogP contribution in [0.4, 0.5) is 11.4 Å². The van der Waals surface area contributed by atoms with Crippen LogP contribution in [0.3, 0.4) is 0 Å². The second-order valence-corrected chi connectivity index (χ2v) is 11.1. The average molecular weight is 439 g/mol. The van der Waals surface area contributed by atoms with E-state index in [0.29, 0.717) is 0 Å². The summed E-state index contributed by atoms with van der Waals surface area (Å²) < 4.78 is 0. The minimum atomic E-state index is 0.906. The van der Waals surface area contributed by atoms with Crippen molar-refractivity contribution in [3.05, 3.63) is 35.4 Å². The summed E-state index contributed by atoms with van der Waals surface area (Å²) in [5.41, 5.74) is 17.3. The molecule has 0 aliphatic carbocycles. The Hall–Kier alpha value is -0.560. The molecule has 0 unspecified atom stereocenters. The Morgan fingerprint density at radius 1 is 0.556 bits per heavy atom. The van der Waals surface area contributed by atoms with Crippen LogP contribution in [0, 0.1) is 0 Å². The van der Waals surface area contributed by atoms with Crippen molar-refractivity contribution in [2.24, 2.45) is 0 Å². The first kappa shape index (κ1) is 22.7. The molecular formula is C21H30N2S4. The molecule has 0 fully saturated rings. The highest BCUT2D eigenvalue weighted by molar-refractivity contribution is 8.00. The van der Waals surface area contributed by atoms with Gasteiger partial charge >= 0.3 is 0 Å². The van der Waals surface area contributed by atoms with Crippen LogP contribution in [-0.4, -0.2) is 23.0 Å². The third kappa shape index (κ3) is 6.21. The second kappa shape index (κ2) is 11.4. The summed E-state index contributed by atoms with van der Waals surface area (Å²) in [6.45, 7) is 8.69. The van der Waals surface area contributed by atoms with Crippen molar-refractivity contribution in [2.75, 3.05) is 34.5 Å². The van der Waals surface area contributed by atoms with Gasteiger partial charge in [0, 0.05) is 19.6 Å². The molecule has 2 aromatic rings. The Morgan fingerprint density at radius 2 is 0.815 bits per heavy atom. The van der Waals surface area contributed by atoms with E-state index in [4.69, 9.17) is 11.5 Å². The quantitative estimate of drug-likeness (QED) is 0.311. The van der Waals surface area contributed by atoms with Crippen LogP contribution in [-0.2, 0) is 6.42 Å². The lowest BCUT2D eigenvalue weighted by Crippen LogP contribution is -1.99. The Kier molecular flexibility index (Phi) is 9.63. The fourth-order valence-electron chi connectivity index (χ4n) is 2.85. The van der Waals surface area contributed by atoms with Crippen LogP contribution in [0.5, 0.6) is 0 Å². The number of benzene rings is 2. The van der Waals surface area contributed by atoms with E-state index in [0.717, 1.165) is 40.8 Å². The highest BCUT2D eigenvalue weighted by atomic mass is 32.2. The van der Waals surface area contributed by atoms with E-state index in [9.17, 15) is 0 Å². The molecule has 0 atom stereocenters. The normalized spacial score (nSPS) is 11.1. The second-order valence-electron chi connectivity index (χ2n) is 5.92. The van der Waals surface area contributed by atoms with Gasteiger partial charge in [-0.1, -0.05) is 27.7 Å². The molecule has 0 saturated heterocycles. The Bertz CT molecular complexity index is 644. The van der Waals surface area contributed by atoms with Gasteiger partial charge in [0.2, 0.25) is 0 Å². The van der Waals surface area contributed by atoms with Crippen molar-refractivity contribution in [3.63, 3.8) is 0 Å². The molecule has 0 aliphatic heterocycles. The molecular weight excluding hydrogens is 409 g/mol. The summed E-state index contributed by atoms with van der Waals surface area (Å²) in [4.78, 5) is 4.81. The maximum atomic E-state index is 6.40. The van der Waals surface area contributed by atoms with E-state index in [1.165, 1.54) is 30.7 Å². The molecule has 27 heavy (non-hydrogen) atoms. The number of hydrogen-bond donors (Lipinski definition) is 2. The lowest BCUT2D eigenvalue weighted by molar-refractivity contribution is 1.11. The Morgan fingerprint density at radius 3 is 1.04 bits per heavy atom. The predicted molar refractivity (Wildman–Crippen MR) is 130 cm³/mol. The number of nitrogen functional groups attached to an aromatic ring is 2. The number of anilines is 2. The molecule has 0 amide bonds. The molecule has 2 rings (SSSR count). The zero-order valence-corrected chi connectivity index (χ0v) is 19.9. The summed E-state index contributed by atoms with van der Waals surface area (Å²) in [6, 6.07) is 9.05. The fraction of sp³-hybridized carbons (Fsp3) is 0.429. The molecule has 0 heterocycles. The molecule has 0 aromatic heterocycles. The first-order chi connectivity index (χ1) is 13.0. The molecule has 0 aliphatic rings. The molecule has 6 heteroatoms. The lowest BCUT2D eigenvalue weighted by Gasteiger charge is -2.15. The molecule has 0 radical (unpaired) electrons. The summed E-state index contributed by atoms with van der Waals surface area (Å²) in [5.74, 6) is 4.11. The van der Waals surface area contributed by atoms with E-state index in [2.05, 4.69) is 52.0 Å². The fourth-order valence-corrected chi connectivity index (χ4v) is 6.22. The molecule has 2 aromatic carbocycles. The Balaban J connectivity index is 2.42. The summed E-state index contributed by atoms with van der Waals surface area (Å²) in [5, 5.41) is 0. The molecule has 2 nitrogen and oxygen atoms in total. The van der Waals surface area contributed by atoms with Gasteiger partial charge in [-0.05, 0) is 64.8 Å². The van der Waals surface area contributed by atoms with E-state index in [1.807, 2.05) is 47.0 Å². The van der Waals surface area contributed by atoms with Crippen molar-refractivity contribution >= 4 is 58.4 Å². The number of rotatable bonds is 10. The lowest BCUT2D eigenvalue weighted by atomic mass is 10.0. The van der Waals surface area contributed by atoms with E-state index < -0.39 is 0 Å². The standard InChI is InChI=1S/C21H30N2S4/c1-5-24-16-10-14(11-17(20(16)22)25-6-2)9-15-12-18(26-7-3)21(23)19(13-15)27-8-4/h10-13H,5-9,22-23H2,1-4H3. The van der Waals surface area contributed by atoms with Gasteiger partial charge in [-0.2, -0.15) is 0 Å². The monoisotopic (exact) mass is 438 g/mol. The van der Waals surface area contributed by atoms with Crippen LogP contribution >= 0.6 is 47.0 Å². The number of hydrogen-bond acceptors (Lipinski definition) is 6. The minimum Gasteiger partial charge on any atom is -0.397 e. The van der Waals surface area contributed by atoms with Crippen molar-refractivity contribution in [1.82, 2.24) is 0 Å². The third-order valence-corrected chi connectivity index (χ3v) is 7.69. The average Bonchev–Trinajstić information content (AvgIpc) is 2.63. The highest BCUT2D eigenvalue weighted by Crippen LogP contribution is 2.38. The predicted octanol–water partition coefficient (Wildman–Crippen LogP) is 6.89. The summed E-state index contributed by atoms with van der Waals surface area (Å²) >= 11 is 7.30. The van der Waals surface area contributed by atoms with Gasteiger partial charge in [0.1, 0.15) is 0 Å². The smallest absolute Gasteiger partial charge is 0.0590 e. The maximum Gasteiger partial charge on any atom is 0.0590 e. The van der Waals surface area contributed by atoms with Crippen LogP contribution in [0.2, 0.25) is 0 Å². The van der Waals surface area contributed by atoms with E-state index >= 15 is 0 Å². The van der Waals surface area contributed by atoms with Gasteiger partial charge in [0.25, 0.3) is 0 Å². The zero-order valence-electron chi connectivity index (χ0n) is 16.6. The first-order valence-corrected chi connectivity index (χ1v) is 13.3. The maximum absolute atomic E-state index is 6.40. The molecule has 0 spiro atoms. The largest absolute Gasteiger partial charge is 0.397 e. The topological polar surface area (TPSA) is 52.0 Å². The van der Waals surface area contributed by atoms with Crippen LogP contribution in [0.1, 0.15) is 38.8 Å². The SMILES string of the molecule is CCSc1cc(Cc2cc(SCC)c(N)c(SCC)c2)cc(SCC)c1N. The Labute approximate surface area is 181 Å². The minimum absolute atomic E-state index is 0.906. The highest BCUT2D eigenvalue weighted by Gasteiger charge is 2.12. The summed E-state index contributed by atoms with van der Waals surface area (Å²) in [6.07, 6.45) is 0.906. The van der Waals surface area contributed by atoms with Crippen LogP contribution in [0.15, 0.2) is 43.8 Å². The van der Waals surface area contributed by atoms with Gasteiger partial charge in [-0.15, -0.1) is 47.0 Å². The van der Waals surface area contributed by atoms with Gasteiger partial charge in [0.05, 0.1) is 11.4 Å².